The van der Waals surface area contributed by atoms with Crippen LogP contribution in [0.25, 0.3) is 10.9 Å². The van der Waals surface area contributed by atoms with Gasteiger partial charge in [-0.05, 0) is 30.9 Å². The molecule has 2 atom stereocenters. The van der Waals surface area contributed by atoms with Crippen LogP contribution in [0.2, 0.25) is 0 Å². The highest BCUT2D eigenvalue weighted by Gasteiger charge is 2.39. The van der Waals surface area contributed by atoms with Crippen molar-refractivity contribution in [2.45, 2.75) is 38.8 Å². The lowest BCUT2D eigenvalue weighted by Crippen LogP contribution is -2.47. The summed E-state index contributed by atoms with van der Waals surface area (Å²) in [6.07, 6.45) is 2.48. The van der Waals surface area contributed by atoms with Crippen LogP contribution in [0.5, 0.6) is 0 Å². The number of carboxylic acid groups (broad SMARTS) is 1. The van der Waals surface area contributed by atoms with Crippen LogP contribution in [-0.2, 0) is 9.59 Å². The van der Waals surface area contributed by atoms with Crippen molar-refractivity contribution in [1.82, 2.24) is 14.5 Å². The van der Waals surface area contributed by atoms with Crippen molar-refractivity contribution in [3.05, 3.63) is 40.9 Å². The lowest BCUT2D eigenvalue weighted by Gasteiger charge is -2.29. The van der Waals surface area contributed by atoms with Gasteiger partial charge in [0.1, 0.15) is 12.1 Å². The average molecular weight is 343 g/mol. The van der Waals surface area contributed by atoms with Crippen molar-refractivity contribution in [3.8, 4) is 0 Å². The molecular weight excluding hydrogens is 322 g/mol. The summed E-state index contributed by atoms with van der Waals surface area (Å²) in [6.45, 7) is 4.08. The lowest BCUT2D eigenvalue weighted by molar-refractivity contribution is -0.150. The standard InChI is InChI=1S/C18H21N3O4/c1-11(2)15(17(23)20-9-5-8-14(20)18(24)25)21-10-19-13-7-4-3-6-12(13)16(21)22/h3-4,6-7,10-11,14-15H,5,8-9H2,1-2H3,(H,24,25). The summed E-state index contributed by atoms with van der Waals surface area (Å²) >= 11 is 0. The van der Waals surface area contributed by atoms with Crippen molar-refractivity contribution in [3.63, 3.8) is 0 Å². The first-order valence-electron chi connectivity index (χ1n) is 8.41. The van der Waals surface area contributed by atoms with Crippen molar-refractivity contribution >= 4 is 22.8 Å². The molecule has 1 saturated heterocycles. The van der Waals surface area contributed by atoms with Crippen molar-refractivity contribution < 1.29 is 14.7 Å². The Balaban J connectivity index is 2.05. The van der Waals surface area contributed by atoms with Gasteiger partial charge in [0.05, 0.1) is 17.2 Å². The normalized spacial score (nSPS) is 18.7. The number of carbonyl (C=O) groups excluding carboxylic acids is 1. The van der Waals surface area contributed by atoms with Gasteiger partial charge in [-0.3, -0.25) is 14.2 Å². The van der Waals surface area contributed by atoms with Gasteiger partial charge in [0, 0.05) is 6.54 Å². The first-order valence-corrected chi connectivity index (χ1v) is 8.41. The van der Waals surface area contributed by atoms with Crippen LogP contribution in [0.4, 0.5) is 0 Å². The zero-order valence-corrected chi connectivity index (χ0v) is 14.3. The van der Waals surface area contributed by atoms with Crippen molar-refractivity contribution in [2.24, 2.45) is 5.92 Å². The molecule has 1 aromatic heterocycles. The van der Waals surface area contributed by atoms with E-state index in [-0.39, 0.29) is 17.4 Å². The summed E-state index contributed by atoms with van der Waals surface area (Å²) in [5, 5.41) is 9.79. The van der Waals surface area contributed by atoms with Crippen LogP contribution < -0.4 is 5.56 Å². The molecule has 0 radical (unpaired) electrons. The second kappa shape index (κ2) is 6.66. The minimum absolute atomic E-state index is 0.178. The molecule has 1 fully saturated rings. The molecule has 25 heavy (non-hydrogen) atoms. The Kier molecular flexibility index (Phi) is 4.57. The maximum absolute atomic E-state index is 13.1. The van der Waals surface area contributed by atoms with Crippen LogP contribution in [0.15, 0.2) is 35.4 Å². The van der Waals surface area contributed by atoms with E-state index in [1.54, 1.807) is 24.3 Å². The molecule has 7 nitrogen and oxygen atoms in total. The van der Waals surface area contributed by atoms with Crippen LogP contribution in [0.1, 0.15) is 32.7 Å². The van der Waals surface area contributed by atoms with Gasteiger partial charge in [-0.15, -0.1) is 0 Å². The number of aliphatic carboxylic acids is 1. The van der Waals surface area contributed by atoms with Crippen molar-refractivity contribution in [1.29, 1.82) is 0 Å². The van der Waals surface area contributed by atoms with Crippen LogP contribution in [0, 0.1) is 5.92 Å². The molecule has 1 aromatic carbocycles. The fourth-order valence-corrected chi connectivity index (χ4v) is 3.46. The van der Waals surface area contributed by atoms with E-state index in [0.717, 1.165) is 0 Å². The monoisotopic (exact) mass is 343 g/mol. The Labute approximate surface area is 144 Å². The van der Waals surface area contributed by atoms with Crippen molar-refractivity contribution in [2.75, 3.05) is 6.54 Å². The number of carbonyl (C=O) groups is 2. The highest BCUT2D eigenvalue weighted by molar-refractivity contribution is 5.87. The van der Waals surface area contributed by atoms with E-state index in [1.807, 2.05) is 13.8 Å². The predicted octanol–water partition coefficient (Wildman–Crippen LogP) is 1.67. The molecule has 1 aliphatic rings. The molecule has 132 valence electrons. The molecule has 2 aromatic rings. The minimum atomic E-state index is -1.00. The molecule has 1 aliphatic heterocycles. The lowest BCUT2D eigenvalue weighted by atomic mass is 10.0. The number of aromatic nitrogens is 2. The van der Waals surface area contributed by atoms with E-state index in [4.69, 9.17) is 0 Å². The summed E-state index contributed by atoms with van der Waals surface area (Å²) in [4.78, 5) is 43.0. The van der Waals surface area contributed by atoms with Gasteiger partial charge in [0.15, 0.2) is 0 Å². The summed E-state index contributed by atoms with van der Waals surface area (Å²) in [5.74, 6) is -1.51. The molecule has 3 rings (SSSR count). The molecule has 1 amide bonds. The Morgan fingerprint density at radius 1 is 1.28 bits per heavy atom. The van der Waals surface area contributed by atoms with E-state index < -0.39 is 18.1 Å². The second-order valence-electron chi connectivity index (χ2n) is 6.69. The van der Waals surface area contributed by atoms with E-state index in [0.29, 0.717) is 30.3 Å². The van der Waals surface area contributed by atoms with Crippen LogP contribution in [-0.4, -0.2) is 44.0 Å². The van der Waals surface area contributed by atoms with Gasteiger partial charge in [-0.1, -0.05) is 26.0 Å². The number of likely N-dealkylation sites (tertiary alicyclic amines) is 1. The highest BCUT2D eigenvalue weighted by atomic mass is 16.4. The third-order valence-corrected chi connectivity index (χ3v) is 4.70. The molecule has 2 unspecified atom stereocenters. The van der Waals surface area contributed by atoms with Gasteiger partial charge in [-0.25, -0.2) is 9.78 Å². The zero-order valence-electron chi connectivity index (χ0n) is 14.3. The molecular formula is C18H21N3O4. The SMILES string of the molecule is CC(C)C(C(=O)N1CCCC1C(=O)O)n1cnc2ccccc2c1=O. The summed E-state index contributed by atoms with van der Waals surface area (Å²) in [6, 6.07) is 5.38. The third-order valence-electron chi connectivity index (χ3n) is 4.70. The van der Waals surface area contributed by atoms with E-state index in [1.165, 1.54) is 15.8 Å². The Morgan fingerprint density at radius 2 is 2.00 bits per heavy atom. The first kappa shape index (κ1) is 17.1. The Bertz CT molecular complexity index is 874. The van der Waals surface area contributed by atoms with Gasteiger partial charge in [0.25, 0.3) is 5.56 Å². The summed E-state index contributed by atoms with van der Waals surface area (Å²) in [5.41, 5.74) is 0.284. The fourth-order valence-electron chi connectivity index (χ4n) is 3.46. The number of fused-ring (bicyclic) bond motifs is 1. The smallest absolute Gasteiger partial charge is 0.326 e. The molecule has 7 heteroatoms. The third kappa shape index (κ3) is 3.01. The van der Waals surface area contributed by atoms with Gasteiger partial charge >= 0.3 is 5.97 Å². The predicted molar refractivity (Wildman–Crippen MR) is 92.2 cm³/mol. The van der Waals surface area contributed by atoms with Gasteiger partial charge < -0.3 is 10.0 Å². The number of hydrogen-bond donors (Lipinski definition) is 1. The summed E-state index contributed by atoms with van der Waals surface area (Å²) < 4.78 is 1.34. The molecule has 0 bridgehead atoms. The van der Waals surface area contributed by atoms with Gasteiger partial charge in [-0.2, -0.15) is 0 Å². The number of hydrogen-bond acceptors (Lipinski definition) is 4. The number of nitrogens with zero attached hydrogens (tertiary/aromatic N) is 3. The molecule has 0 spiro atoms. The molecule has 0 saturated carbocycles. The number of rotatable bonds is 4. The van der Waals surface area contributed by atoms with E-state index in [9.17, 15) is 19.5 Å². The minimum Gasteiger partial charge on any atom is -0.480 e. The van der Waals surface area contributed by atoms with E-state index in [2.05, 4.69) is 4.98 Å². The quantitative estimate of drug-likeness (QED) is 0.911. The second-order valence-corrected chi connectivity index (χ2v) is 6.69. The Morgan fingerprint density at radius 3 is 2.68 bits per heavy atom. The largest absolute Gasteiger partial charge is 0.480 e. The van der Waals surface area contributed by atoms with Crippen LogP contribution >= 0.6 is 0 Å². The molecule has 2 heterocycles. The average Bonchev–Trinajstić information content (AvgIpc) is 3.07. The number of amides is 1. The fraction of sp³-hybridized carbons (Fsp3) is 0.444. The highest BCUT2D eigenvalue weighted by Crippen LogP contribution is 2.26. The van der Waals surface area contributed by atoms with Gasteiger partial charge in [0.2, 0.25) is 5.91 Å². The maximum atomic E-state index is 13.1. The topological polar surface area (TPSA) is 92.5 Å². The summed E-state index contributed by atoms with van der Waals surface area (Å²) in [7, 11) is 0. The van der Waals surface area contributed by atoms with Crippen LogP contribution in [0.3, 0.4) is 0 Å². The number of para-hydroxylation sites is 1. The maximum Gasteiger partial charge on any atom is 0.326 e. The zero-order chi connectivity index (χ0) is 18.1. The number of carboxylic acids is 1. The molecule has 0 aliphatic carbocycles. The van der Waals surface area contributed by atoms with E-state index >= 15 is 0 Å². The Hall–Kier alpha value is -2.70. The first-order chi connectivity index (χ1) is 11.9. The number of benzene rings is 1. The molecule has 1 N–H and O–H groups in total.